The van der Waals surface area contributed by atoms with Crippen LogP contribution < -0.4 is 5.73 Å². The average Bonchev–Trinajstić information content (AvgIpc) is 2.47. The second kappa shape index (κ2) is 6.43. The van der Waals surface area contributed by atoms with E-state index in [1.807, 2.05) is 0 Å². The van der Waals surface area contributed by atoms with Crippen LogP contribution in [0.3, 0.4) is 0 Å². The molecule has 1 heterocycles. The van der Waals surface area contributed by atoms with Gasteiger partial charge < -0.3 is 5.73 Å². The highest BCUT2D eigenvalue weighted by Gasteiger charge is 2.29. The minimum atomic E-state index is -4.38. The van der Waals surface area contributed by atoms with Gasteiger partial charge in [-0.25, -0.2) is 0 Å². The summed E-state index contributed by atoms with van der Waals surface area (Å²) in [5.74, 6) is -0.622. The van der Waals surface area contributed by atoms with Gasteiger partial charge in [0, 0.05) is 24.4 Å². The molecule has 0 aliphatic carbocycles. The standard InChI is InChI=1S/C16H13F3N2O/c17-16(18,19)14-5-3-11(4-6-14)8-13(15(20)22)9-12-2-1-7-21-10-12/h1-8,10H,9H2,(H2,20,22). The Morgan fingerprint density at radius 3 is 2.36 bits per heavy atom. The van der Waals surface area contributed by atoms with Gasteiger partial charge in [-0.3, -0.25) is 9.78 Å². The number of hydrogen-bond donors (Lipinski definition) is 1. The highest BCUT2D eigenvalue weighted by molar-refractivity contribution is 5.97. The van der Waals surface area contributed by atoms with E-state index >= 15 is 0 Å². The Kier molecular flexibility index (Phi) is 4.60. The Morgan fingerprint density at radius 2 is 1.86 bits per heavy atom. The van der Waals surface area contributed by atoms with E-state index in [0.29, 0.717) is 11.1 Å². The van der Waals surface area contributed by atoms with Gasteiger partial charge in [0.2, 0.25) is 5.91 Å². The van der Waals surface area contributed by atoms with Crippen molar-refractivity contribution >= 4 is 12.0 Å². The summed E-state index contributed by atoms with van der Waals surface area (Å²) in [5, 5.41) is 0. The maximum atomic E-state index is 12.5. The molecule has 22 heavy (non-hydrogen) atoms. The first-order valence-electron chi connectivity index (χ1n) is 6.43. The molecule has 1 aromatic heterocycles. The Hall–Kier alpha value is -2.63. The summed E-state index contributed by atoms with van der Waals surface area (Å²) >= 11 is 0. The van der Waals surface area contributed by atoms with E-state index in [0.717, 1.165) is 17.7 Å². The predicted octanol–water partition coefficient (Wildman–Crippen LogP) is 3.21. The van der Waals surface area contributed by atoms with Gasteiger partial charge in [0.25, 0.3) is 0 Å². The molecule has 2 aromatic rings. The Morgan fingerprint density at radius 1 is 1.18 bits per heavy atom. The smallest absolute Gasteiger partial charge is 0.366 e. The van der Waals surface area contributed by atoms with Crippen molar-refractivity contribution in [2.24, 2.45) is 5.73 Å². The lowest BCUT2D eigenvalue weighted by Gasteiger charge is -2.07. The minimum absolute atomic E-state index is 0.268. The lowest BCUT2D eigenvalue weighted by Crippen LogP contribution is -2.15. The van der Waals surface area contributed by atoms with Crippen LogP contribution in [-0.2, 0) is 17.4 Å². The summed E-state index contributed by atoms with van der Waals surface area (Å²) in [6.07, 6.45) is 0.570. The first kappa shape index (κ1) is 15.8. The fourth-order valence-electron chi connectivity index (χ4n) is 1.90. The maximum Gasteiger partial charge on any atom is 0.416 e. The molecule has 0 atom stereocenters. The Labute approximate surface area is 125 Å². The monoisotopic (exact) mass is 306 g/mol. The van der Waals surface area contributed by atoms with Crippen LogP contribution in [0.15, 0.2) is 54.4 Å². The first-order valence-corrected chi connectivity index (χ1v) is 6.43. The molecule has 3 nitrogen and oxygen atoms in total. The van der Waals surface area contributed by atoms with Crippen LogP contribution in [0.4, 0.5) is 13.2 Å². The third-order valence-corrected chi connectivity index (χ3v) is 3.01. The molecule has 0 saturated carbocycles. The number of primary amides is 1. The minimum Gasteiger partial charge on any atom is -0.366 e. The lowest BCUT2D eigenvalue weighted by atomic mass is 10.0. The van der Waals surface area contributed by atoms with Gasteiger partial charge in [0.15, 0.2) is 0 Å². The second-order valence-corrected chi connectivity index (χ2v) is 4.69. The van der Waals surface area contributed by atoms with Crippen LogP contribution in [0.5, 0.6) is 0 Å². The Bertz CT molecular complexity index is 677. The van der Waals surface area contributed by atoms with Crippen molar-refractivity contribution in [3.63, 3.8) is 0 Å². The number of amides is 1. The largest absolute Gasteiger partial charge is 0.416 e. The highest BCUT2D eigenvalue weighted by atomic mass is 19.4. The topological polar surface area (TPSA) is 56.0 Å². The van der Waals surface area contributed by atoms with Crippen LogP contribution in [0, 0.1) is 0 Å². The van der Waals surface area contributed by atoms with E-state index in [1.165, 1.54) is 18.2 Å². The van der Waals surface area contributed by atoms with Crippen molar-refractivity contribution in [3.8, 4) is 0 Å². The summed E-state index contributed by atoms with van der Waals surface area (Å²) in [5.41, 5.74) is 6.15. The molecule has 1 aromatic carbocycles. The lowest BCUT2D eigenvalue weighted by molar-refractivity contribution is -0.137. The molecule has 0 saturated heterocycles. The SMILES string of the molecule is NC(=O)C(=Cc1ccc(C(F)(F)F)cc1)Cc1cccnc1. The fourth-order valence-corrected chi connectivity index (χ4v) is 1.90. The summed E-state index contributed by atoms with van der Waals surface area (Å²) in [7, 11) is 0. The third kappa shape index (κ3) is 4.18. The van der Waals surface area contributed by atoms with Crippen molar-refractivity contribution in [1.29, 1.82) is 0 Å². The quantitative estimate of drug-likeness (QED) is 0.882. The zero-order chi connectivity index (χ0) is 16.2. The number of carbonyl (C=O) groups is 1. The first-order chi connectivity index (χ1) is 10.4. The van der Waals surface area contributed by atoms with Gasteiger partial charge >= 0.3 is 6.18 Å². The summed E-state index contributed by atoms with van der Waals surface area (Å²) in [6, 6.07) is 8.05. The van der Waals surface area contributed by atoms with Crippen LogP contribution in [-0.4, -0.2) is 10.9 Å². The summed E-state index contributed by atoms with van der Waals surface area (Å²) in [4.78, 5) is 15.4. The number of halogens is 3. The zero-order valence-corrected chi connectivity index (χ0v) is 11.5. The highest BCUT2D eigenvalue weighted by Crippen LogP contribution is 2.29. The van der Waals surface area contributed by atoms with E-state index in [1.54, 1.807) is 24.5 Å². The fraction of sp³-hybridized carbons (Fsp3) is 0.125. The zero-order valence-electron chi connectivity index (χ0n) is 11.5. The van der Waals surface area contributed by atoms with Gasteiger partial charge in [-0.2, -0.15) is 13.2 Å². The summed E-state index contributed by atoms with van der Waals surface area (Å²) in [6.45, 7) is 0. The average molecular weight is 306 g/mol. The number of nitrogens with two attached hydrogens (primary N) is 1. The molecule has 0 aliphatic rings. The van der Waals surface area contributed by atoms with E-state index < -0.39 is 17.6 Å². The molecule has 6 heteroatoms. The molecule has 0 aliphatic heterocycles. The number of pyridine rings is 1. The number of aromatic nitrogens is 1. The van der Waals surface area contributed by atoms with Crippen LogP contribution >= 0.6 is 0 Å². The number of alkyl halides is 3. The third-order valence-electron chi connectivity index (χ3n) is 3.01. The number of nitrogens with zero attached hydrogens (tertiary/aromatic N) is 1. The number of carbonyl (C=O) groups excluding carboxylic acids is 1. The number of benzene rings is 1. The summed E-state index contributed by atoms with van der Waals surface area (Å²) < 4.78 is 37.5. The van der Waals surface area contributed by atoms with Crippen LogP contribution in [0.25, 0.3) is 6.08 Å². The number of hydrogen-bond acceptors (Lipinski definition) is 2. The van der Waals surface area contributed by atoms with E-state index in [2.05, 4.69) is 4.98 Å². The van der Waals surface area contributed by atoms with Gasteiger partial charge in [-0.15, -0.1) is 0 Å². The predicted molar refractivity (Wildman–Crippen MR) is 76.6 cm³/mol. The van der Waals surface area contributed by atoms with Gasteiger partial charge in [-0.05, 0) is 35.4 Å². The van der Waals surface area contributed by atoms with Crippen molar-refractivity contribution in [2.45, 2.75) is 12.6 Å². The molecule has 2 N–H and O–H groups in total. The normalized spacial score (nSPS) is 12.2. The number of rotatable bonds is 4. The molecule has 114 valence electrons. The van der Waals surface area contributed by atoms with Crippen LogP contribution in [0.2, 0.25) is 0 Å². The van der Waals surface area contributed by atoms with Crippen molar-refractivity contribution < 1.29 is 18.0 Å². The molecule has 0 radical (unpaired) electrons. The molecule has 1 amide bonds. The van der Waals surface area contributed by atoms with Crippen LogP contribution in [0.1, 0.15) is 16.7 Å². The van der Waals surface area contributed by atoms with Crippen molar-refractivity contribution in [2.75, 3.05) is 0 Å². The van der Waals surface area contributed by atoms with E-state index in [4.69, 9.17) is 5.73 Å². The molecular formula is C16H13F3N2O. The van der Waals surface area contributed by atoms with Crippen molar-refractivity contribution in [1.82, 2.24) is 4.98 Å². The molecule has 2 rings (SSSR count). The molecule has 0 bridgehead atoms. The van der Waals surface area contributed by atoms with Gasteiger partial charge in [-0.1, -0.05) is 18.2 Å². The van der Waals surface area contributed by atoms with Gasteiger partial charge in [0.1, 0.15) is 0 Å². The molecular weight excluding hydrogens is 293 g/mol. The molecule has 0 spiro atoms. The van der Waals surface area contributed by atoms with Gasteiger partial charge in [0.05, 0.1) is 5.56 Å². The molecule has 0 unspecified atom stereocenters. The second-order valence-electron chi connectivity index (χ2n) is 4.69. The molecule has 0 fully saturated rings. The maximum absolute atomic E-state index is 12.5. The Balaban J connectivity index is 2.25. The van der Waals surface area contributed by atoms with E-state index in [-0.39, 0.29) is 6.42 Å². The van der Waals surface area contributed by atoms with Crippen molar-refractivity contribution in [3.05, 3.63) is 71.1 Å². The van der Waals surface area contributed by atoms with E-state index in [9.17, 15) is 18.0 Å².